The first-order chi connectivity index (χ1) is 17.5. The first kappa shape index (κ1) is 23.6. The van der Waals surface area contributed by atoms with Gasteiger partial charge in [-0.05, 0) is 60.2 Å². The molecular weight excluding hydrogens is 472 g/mol. The number of anilines is 2. The normalized spacial score (nSPS) is 12.7. The Kier molecular flexibility index (Phi) is 6.73. The molecule has 0 bridgehead atoms. The lowest BCUT2D eigenvalue weighted by molar-refractivity contribution is -0.116. The summed E-state index contributed by atoms with van der Waals surface area (Å²) < 4.78 is 0. The predicted molar refractivity (Wildman–Crippen MR) is 143 cm³/mol. The van der Waals surface area contributed by atoms with Gasteiger partial charge in [0.25, 0.3) is 5.91 Å². The minimum atomic E-state index is -1.08. The topological polar surface area (TPSA) is 86.7 Å². The molecular formula is C29H24N2O4S. The number of hydrogen-bond acceptors (Lipinski definition) is 4. The number of aryl methyl sites for hydroxylation is 1. The molecule has 0 aliphatic carbocycles. The van der Waals surface area contributed by atoms with E-state index >= 15 is 0 Å². The summed E-state index contributed by atoms with van der Waals surface area (Å²) in [5, 5.41) is 13.6. The van der Waals surface area contributed by atoms with Gasteiger partial charge in [-0.1, -0.05) is 48.5 Å². The second kappa shape index (κ2) is 10.3. The summed E-state index contributed by atoms with van der Waals surface area (Å²) in [5.74, 6) is -1.13. The number of carboxylic acid groups (broad SMARTS) is 1. The highest BCUT2D eigenvalue weighted by molar-refractivity contribution is 8.00. The second-order valence-corrected chi connectivity index (χ2v) is 9.61. The second-order valence-electron chi connectivity index (χ2n) is 8.56. The van der Waals surface area contributed by atoms with Gasteiger partial charge in [0, 0.05) is 33.8 Å². The first-order valence-corrected chi connectivity index (χ1v) is 12.7. The number of carboxylic acids is 1. The number of para-hydroxylation sites is 1. The van der Waals surface area contributed by atoms with E-state index in [0.29, 0.717) is 22.0 Å². The predicted octanol–water partition coefficient (Wildman–Crippen LogP) is 5.86. The largest absolute Gasteiger partial charge is 0.478 e. The summed E-state index contributed by atoms with van der Waals surface area (Å²) in [6, 6.07) is 25.4. The lowest BCUT2D eigenvalue weighted by atomic mass is 9.98. The molecule has 1 aliphatic rings. The van der Waals surface area contributed by atoms with Gasteiger partial charge in [0.15, 0.2) is 0 Å². The average Bonchev–Trinajstić information content (AvgIpc) is 2.90. The summed E-state index contributed by atoms with van der Waals surface area (Å²) in [7, 11) is 0. The summed E-state index contributed by atoms with van der Waals surface area (Å²) in [4.78, 5) is 40.6. The minimum absolute atomic E-state index is 0.0542. The van der Waals surface area contributed by atoms with Crippen LogP contribution in [0.4, 0.5) is 11.4 Å². The number of rotatable bonds is 6. The molecule has 6 nitrogen and oxygen atoms in total. The van der Waals surface area contributed by atoms with Crippen LogP contribution in [-0.4, -0.2) is 35.2 Å². The van der Waals surface area contributed by atoms with Crippen LogP contribution >= 0.6 is 11.8 Å². The van der Waals surface area contributed by atoms with E-state index in [4.69, 9.17) is 0 Å². The molecule has 5 rings (SSSR count). The van der Waals surface area contributed by atoms with Gasteiger partial charge in [0.2, 0.25) is 5.91 Å². The standard InChI is InChI=1S/C29H24N2O4S/c32-26(31-16-6-10-19-7-1-2-15-25(19)31)18-36-22-12-5-11-21(17-22)30-28(33)23-13-3-8-20-9-4-14-24(27(20)23)29(34)35/h1-5,7-9,11-15,17H,6,10,16,18H2,(H,30,33)(H,34,35). The van der Waals surface area contributed by atoms with Gasteiger partial charge >= 0.3 is 5.97 Å². The van der Waals surface area contributed by atoms with E-state index in [2.05, 4.69) is 11.4 Å². The van der Waals surface area contributed by atoms with Crippen molar-refractivity contribution in [1.29, 1.82) is 0 Å². The maximum absolute atomic E-state index is 13.1. The molecule has 180 valence electrons. The number of thioether (sulfide) groups is 1. The molecule has 0 atom stereocenters. The highest BCUT2D eigenvalue weighted by Gasteiger charge is 2.22. The van der Waals surface area contributed by atoms with Crippen molar-refractivity contribution in [3.8, 4) is 0 Å². The number of carbonyl (C=O) groups is 3. The van der Waals surface area contributed by atoms with Gasteiger partial charge in [0.05, 0.1) is 11.3 Å². The van der Waals surface area contributed by atoms with E-state index in [1.165, 1.54) is 23.4 Å². The molecule has 7 heteroatoms. The molecule has 4 aromatic rings. The Labute approximate surface area is 212 Å². The lowest BCUT2D eigenvalue weighted by Gasteiger charge is -2.29. The van der Waals surface area contributed by atoms with Crippen LogP contribution < -0.4 is 10.2 Å². The maximum atomic E-state index is 13.1. The Balaban J connectivity index is 1.30. The molecule has 2 N–H and O–H groups in total. The molecule has 0 radical (unpaired) electrons. The Bertz CT molecular complexity index is 1480. The van der Waals surface area contributed by atoms with Gasteiger partial charge in [-0.2, -0.15) is 0 Å². The Hall–Kier alpha value is -4.10. The van der Waals surface area contributed by atoms with Crippen molar-refractivity contribution in [3.05, 3.63) is 102 Å². The summed E-state index contributed by atoms with van der Waals surface area (Å²) in [6.07, 6.45) is 1.94. The van der Waals surface area contributed by atoms with Crippen molar-refractivity contribution in [1.82, 2.24) is 0 Å². The fourth-order valence-corrected chi connectivity index (χ4v) is 5.42. The molecule has 0 spiro atoms. The van der Waals surface area contributed by atoms with Crippen molar-refractivity contribution in [2.45, 2.75) is 17.7 Å². The number of fused-ring (bicyclic) bond motifs is 2. The smallest absolute Gasteiger partial charge is 0.336 e. The van der Waals surface area contributed by atoms with Crippen LogP contribution in [0.2, 0.25) is 0 Å². The molecule has 36 heavy (non-hydrogen) atoms. The van der Waals surface area contributed by atoms with Crippen LogP contribution in [0.1, 0.15) is 32.7 Å². The average molecular weight is 497 g/mol. The number of carbonyl (C=O) groups excluding carboxylic acids is 2. The number of benzene rings is 4. The molecule has 2 amide bonds. The van der Waals surface area contributed by atoms with Crippen molar-refractivity contribution in [2.75, 3.05) is 22.5 Å². The van der Waals surface area contributed by atoms with Gasteiger partial charge in [-0.3, -0.25) is 9.59 Å². The van der Waals surface area contributed by atoms with Crippen molar-refractivity contribution in [3.63, 3.8) is 0 Å². The van der Waals surface area contributed by atoms with E-state index in [1.54, 1.807) is 36.4 Å². The SMILES string of the molecule is O=C(O)c1cccc2cccc(C(=O)Nc3cccc(SCC(=O)N4CCCc5ccccc54)c3)c12. The van der Waals surface area contributed by atoms with Gasteiger partial charge in [0.1, 0.15) is 0 Å². The van der Waals surface area contributed by atoms with Gasteiger partial charge < -0.3 is 15.3 Å². The molecule has 1 aliphatic heterocycles. The zero-order valence-electron chi connectivity index (χ0n) is 19.4. The van der Waals surface area contributed by atoms with E-state index in [-0.39, 0.29) is 17.2 Å². The summed E-state index contributed by atoms with van der Waals surface area (Å²) >= 11 is 1.42. The molecule has 0 saturated carbocycles. The quantitative estimate of drug-likeness (QED) is 0.327. The Morgan fingerprint density at radius 2 is 1.64 bits per heavy atom. The molecule has 0 aromatic heterocycles. The van der Waals surface area contributed by atoms with Crippen LogP contribution in [0.5, 0.6) is 0 Å². The molecule has 1 heterocycles. The minimum Gasteiger partial charge on any atom is -0.478 e. The molecule has 0 saturated heterocycles. The van der Waals surface area contributed by atoms with Crippen molar-refractivity contribution in [2.24, 2.45) is 0 Å². The van der Waals surface area contributed by atoms with E-state index in [9.17, 15) is 19.5 Å². The van der Waals surface area contributed by atoms with E-state index in [1.807, 2.05) is 41.3 Å². The summed E-state index contributed by atoms with van der Waals surface area (Å²) in [5.41, 5.74) is 3.14. The number of nitrogens with one attached hydrogen (secondary N) is 1. The van der Waals surface area contributed by atoms with E-state index in [0.717, 1.165) is 30.0 Å². The molecule has 0 fully saturated rings. The Morgan fingerprint density at radius 3 is 2.44 bits per heavy atom. The number of aromatic carboxylic acids is 1. The van der Waals surface area contributed by atoms with Crippen LogP contribution in [0, 0.1) is 0 Å². The highest BCUT2D eigenvalue weighted by atomic mass is 32.2. The van der Waals surface area contributed by atoms with Gasteiger partial charge in [-0.25, -0.2) is 4.79 Å². The highest BCUT2D eigenvalue weighted by Crippen LogP contribution is 2.29. The first-order valence-electron chi connectivity index (χ1n) is 11.7. The third kappa shape index (κ3) is 4.83. The summed E-state index contributed by atoms with van der Waals surface area (Å²) in [6.45, 7) is 0.718. The molecule has 4 aromatic carbocycles. The van der Waals surface area contributed by atoms with Crippen molar-refractivity contribution >= 4 is 51.7 Å². The third-order valence-corrected chi connectivity index (χ3v) is 7.22. The van der Waals surface area contributed by atoms with Crippen LogP contribution in [0.15, 0.2) is 89.8 Å². The third-order valence-electron chi connectivity index (χ3n) is 6.25. The van der Waals surface area contributed by atoms with Crippen LogP contribution in [0.25, 0.3) is 10.8 Å². The number of nitrogens with zero attached hydrogens (tertiary/aromatic N) is 1. The fraction of sp³-hybridized carbons (Fsp3) is 0.138. The maximum Gasteiger partial charge on any atom is 0.336 e. The van der Waals surface area contributed by atoms with E-state index < -0.39 is 11.9 Å². The number of hydrogen-bond donors (Lipinski definition) is 2. The van der Waals surface area contributed by atoms with Crippen LogP contribution in [0.3, 0.4) is 0 Å². The fourth-order valence-electron chi connectivity index (χ4n) is 4.59. The lowest BCUT2D eigenvalue weighted by Crippen LogP contribution is -2.36. The van der Waals surface area contributed by atoms with Crippen molar-refractivity contribution < 1.29 is 19.5 Å². The van der Waals surface area contributed by atoms with Crippen LogP contribution in [-0.2, 0) is 11.2 Å². The van der Waals surface area contributed by atoms with Gasteiger partial charge in [-0.15, -0.1) is 11.8 Å². The molecule has 0 unspecified atom stereocenters. The number of amides is 2. The monoisotopic (exact) mass is 496 g/mol. The zero-order chi connectivity index (χ0) is 25.1. The zero-order valence-corrected chi connectivity index (χ0v) is 20.3. The Morgan fingerprint density at radius 1 is 0.889 bits per heavy atom.